The molecule has 1 fully saturated rings. The van der Waals surface area contributed by atoms with E-state index in [1.54, 1.807) is 0 Å². The van der Waals surface area contributed by atoms with Crippen molar-refractivity contribution in [1.29, 1.82) is 0 Å². The van der Waals surface area contributed by atoms with E-state index in [2.05, 4.69) is 29.5 Å². The fraction of sp³-hybridized carbons (Fsp3) is 0.933. The van der Waals surface area contributed by atoms with Gasteiger partial charge < -0.3 is 10.6 Å². The molecule has 2 N–H and O–H groups in total. The van der Waals surface area contributed by atoms with E-state index in [9.17, 15) is 8.42 Å². The molecule has 1 aliphatic heterocycles. The van der Waals surface area contributed by atoms with Crippen molar-refractivity contribution >= 4 is 39.8 Å². The summed E-state index contributed by atoms with van der Waals surface area (Å²) in [5, 5.41) is 6.54. The van der Waals surface area contributed by atoms with Crippen LogP contribution in [-0.4, -0.2) is 45.5 Å². The highest BCUT2D eigenvalue weighted by Gasteiger charge is 2.27. The van der Waals surface area contributed by atoms with Crippen LogP contribution in [0.3, 0.4) is 0 Å². The number of hydrogen-bond acceptors (Lipinski definition) is 3. The maximum atomic E-state index is 11.4. The van der Waals surface area contributed by atoms with Crippen molar-refractivity contribution in [3.05, 3.63) is 0 Å². The van der Waals surface area contributed by atoms with Gasteiger partial charge in [0, 0.05) is 19.6 Å². The van der Waals surface area contributed by atoms with Crippen molar-refractivity contribution in [3.8, 4) is 0 Å². The first-order valence-corrected chi connectivity index (χ1v) is 9.97. The van der Waals surface area contributed by atoms with E-state index < -0.39 is 9.84 Å². The minimum Gasteiger partial charge on any atom is -0.357 e. The number of nitrogens with zero attached hydrogens (tertiary/aromatic N) is 1. The predicted octanol–water partition coefficient (Wildman–Crippen LogP) is 2.42. The molecule has 0 radical (unpaired) electrons. The number of guanidine groups is 1. The Kier molecular flexibility index (Phi) is 11.5. The Hall–Kier alpha value is -0.0500. The summed E-state index contributed by atoms with van der Waals surface area (Å²) in [7, 11) is -2.80. The van der Waals surface area contributed by atoms with Crippen LogP contribution in [0.5, 0.6) is 0 Å². The molecule has 7 heteroatoms. The lowest BCUT2D eigenvalue weighted by atomic mass is 10.1. The monoisotopic (exact) mass is 445 g/mol. The zero-order chi connectivity index (χ0) is 15.7. The average molecular weight is 445 g/mol. The molecule has 0 aromatic heterocycles. The number of nitrogens with one attached hydrogen (secondary N) is 2. The Morgan fingerprint density at radius 3 is 2.55 bits per heavy atom. The second-order valence-corrected chi connectivity index (χ2v) is 8.53. The van der Waals surface area contributed by atoms with Gasteiger partial charge in [0.25, 0.3) is 0 Å². The lowest BCUT2D eigenvalue weighted by Gasteiger charge is -2.12. The van der Waals surface area contributed by atoms with E-state index in [4.69, 9.17) is 0 Å². The highest BCUT2D eigenvalue weighted by Crippen LogP contribution is 2.18. The number of unbranched alkanes of at least 4 members (excludes halogenated alkanes) is 1. The first-order valence-electron chi connectivity index (χ1n) is 8.15. The molecule has 0 aromatic carbocycles. The molecular weight excluding hydrogens is 413 g/mol. The van der Waals surface area contributed by atoms with Crippen LogP contribution in [0.1, 0.15) is 46.5 Å². The quantitative estimate of drug-likeness (QED) is 0.261. The molecule has 0 amide bonds. The lowest BCUT2D eigenvalue weighted by molar-refractivity contribution is 0.534. The summed E-state index contributed by atoms with van der Waals surface area (Å²) in [6.45, 7) is 8.86. The number of hydrogen-bond donors (Lipinski definition) is 2. The summed E-state index contributed by atoms with van der Waals surface area (Å²) in [6, 6.07) is 0. The van der Waals surface area contributed by atoms with Gasteiger partial charge in [0.1, 0.15) is 0 Å². The third-order valence-corrected chi connectivity index (χ3v) is 5.52. The molecule has 0 aromatic rings. The summed E-state index contributed by atoms with van der Waals surface area (Å²) >= 11 is 0. The van der Waals surface area contributed by atoms with Crippen LogP contribution >= 0.6 is 24.0 Å². The summed E-state index contributed by atoms with van der Waals surface area (Å²) < 4.78 is 22.9. The first kappa shape index (κ1) is 21.9. The molecule has 1 saturated heterocycles. The summed E-state index contributed by atoms with van der Waals surface area (Å²) in [6.07, 6.45) is 4.38. The van der Waals surface area contributed by atoms with E-state index in [1.165, 1.54) is 12.8 Å². The maximum absolute atomic E-state index is 11.4. The molecular formula is C15H32IN3O2S. The van der Waals surface area contributed by atoms with Crippen LogP contribution in [0.25, 0.3) is 0 Å². The highest BCUT2D eigenvalue weighted by atomic mass is 127. The van der Waals surface area contributed by atoms with Crippen LogP contribution in [0.2, 0.25) is 0 Å². The molecule has 0 spiro atoms. The molecule has 5 nitrogen and oxygen atoms in total. The second kappa shape index (κ2) is 11.5. The van der Waals surface area contributed by atoms with Crippen LogP contribution in [0.4, 0.5) is 0 Å². The Morgan fingerprint density at radius 1 is 1.27 bits per heavy atom. The van der Waals surface area contributed by atoms with Gasteiger partial charge in [0.2, 0.25) is 0 Å². The van der Waals surface area contributed by atoms with Gasteiger partial charge in [-0.15, -0.1) is 24.0 Å². The Bertz CT molecular complexity index is 425. The zero-order valence-electron chi connectivity index (χ0n) is 14.1. The van der Waals surface area contributed by atoms with E-state index in [0.717, 1.165) is 37.8 Å². The van der Waals surface area contributed by atoms with Gasteiger partial charge >= 0.3 is 0 Å². The van der Waals surface area contributed by atoms with Crippen molar-refractivity contribution in [2.45, 2.75) is 46.5 Å². The molecule has 0 aliphatic carbocycles. The topological polar surface area (TPSA) is 70.6 Å². The van der Waals surface area contributed by atoms with Gasteiger partial charge in [-0.05, 0) is 31.6 Å². The Balaban J connectivity index is 0.00000441. The smallest absolute Gasteiger partial charge is 0.191 e. The first-order chi connectivity index (χ1) is 9.93. The van der Waals surface area contributed by atoms with Gasteiger partial charge in [-0.3, -0.25) is 4.99 Å². The number of aliphatic imine (C=N–C) groups is 1. The predicted molar refractivity (Wildman–Crippen MR) is 105 cm³/mol. The summed E-state index contributed by atoms with van der Waals surface area (Å²) in [5.74, 6) is 2.38. The largest absolute Gasteiger partial charge is 0.357 e. The number of halogens is 1. The lowest BCUT2D eigenvalue weighted by Crippen LogP contribution is -2.38. The molecule has 1 aliphatic rings. The number of rotatable bonds is 8. The molecule has 1 heterocycles. The normalized spacial score (nSPS) is 20.7. The standard InChI is InChI=1S/C15H31N3O2S.HI/c1-4-16-15(17-9-6-5-7-13(2)3)18-11-14-8-10-21(19,20)12-14;/h13-14H,4-12H2,1-3H3,(H2,16,17,18);1H. The van der Waals surface area contributed by atoms with Gasteiger partial charge in [0.05, 0.1) is 11.5 Å². The van der Waals surface area contributed by atoms with E-state index in [0.29, 0.717) is 18.1 Å². The van der Waals surface area contributed by atoms with Crippen LogP contribution in [0, 0.1) is 11.8 Å². The molecule has 0 bridgehead atoms. The molecule has 1 unspecified atom stereocenters. The molecule has 132 valence electrons. The van der Waals surface area contributed by atoms with Crippen molar-refractivity contribution < 1.29 is 8.42 Å². The second-order valence-electron chi connectivity index (χ2n) is 6.31. The third-order valence-electron chi connectivity index (χ3n) is 3.68. The molecule has 0 saturated carbocycles. The summed E-state index contributed by atoms with van der Waals surface area (Å²) in [5.41, 5.74) is 0. The van der Waals surface area contributed by atoms with Crippen molar-refractivity contribution in [3.63, 3.8) is 0 Å². The van der Waals surface area contributed by atoms with Gasteiger partial charge in [0.15, 0.2) is 15.8 Å². The summed E-state index contributed by atoms with van der Waals surface area (Å²) in [4.78, 5) is 4.52. The van der Waals surface area contributed by atoms with E-state index in [-0.39, 0.29) is 29.9 Å². The van der Waals surface area contributed by atoms with Gasteiger partial charge in [-0.25, -0.2) is 8.42 Å². The molecule has 1 rings (SSSR count). The minimum absolute atomic E-state index is 0. The van der Waals surface area contributed by atoms with Crippen molar-refractivity contribution in [2.75, 3.05) is 31.1 Å². The fourth-order valence-electron chi connectivity index (χ4n) is 2.46. The van der Waals surface area contributed by atoms with Crippen LogP contribution < -0.4 is 10.6 Å². The minimum atomic E-state index is -2.80. The van der Waals surface area contributed by atoms with Crippen molar-refractivity contribution in [1.82, 2.24) is 10.6 Å². The van der Waals surface area contributed by atoms with E-state index in [1.807, 2.05) is 6.92 Å². The van der Waals surface area contributed by atoms with Gasteiger partial charge in [-0.2, -0.15) is 0 Å². The highest BCUT2D eigenvalue weighted by molar-refractivity contribution is 14.0. The van der Waals surface area contributed by atoms with Crippen molar-refractivity contribution in [2.24, 2.45) is 16.8 Å². The fourth-order valence-corrected chi connectivity index (χ4v) is 4.31. The number of sulfone groups is 1. The molecule has 1 atom stereocenters. The van der Waals surface area contributed by atoms with Crippen LogP contribution in [-0.2, 0) is 9.84 Å². The van der Waals surface area contributed by atoms with Crippen LogP contribution in [0.15, 0.2) is 4.99 Å². The average Bonchev–Trinajstić information content (AvgIpc) is 2.74. The van der Waals surface area contributed by atoms with E-state index >= 15 is 0 Å². The Morgan fingerprint density at radius 2 is 2.00 bits per heavy atom. The molecule has 22 heavy (non-hydrogen) atoms. The third kappa shape index (κ3) is 9.86. The van der Waals surface area contributed by atoms with Gasteiger partial charge in [-0.1, -0.05) is 26.7 Å². The maximum Gasteiger partial charge on any atom is 0.191 e. The Labute approximate surface area is 153 Å². The zero-order valence-corrected chi connectivity index (χ0v) is 17.2. The SMILES string of the molecule is CCNC(=NCC1CCS(=O)(=O)C1)NCCCCC(C)C.I.